The summed E-state index contributed by atoms with van der Waals surface area (Å²) in [5.41, 5.74) is 1.77. The maximum atomic E-state index is 13.9. The number of rotatable bonds is 3. The van der Waals surface area contributed by atoms with E-state index in [4.69, 9.17) is 0 Å². The zero-order valence-electron chi connectivity index (χ0n) is 15.8. The lowest BCUT2D eigenvalue weighted by Gasteiger charge is -2.20. The zero-order valence-corrected chi connectivity index (χ0v) is 15.8. The molecule has 6 heteroatoms. The molecule has 144 valence electrons. The second-order valence-electron chi connectivity index (χ2n) is 7.73. The fourth-order valence-electron chi connectivity index (χ4n) is 4.49. The summed E-state index contributed by atoms with van der Waals surface area (Å²) in [5, 5.41) is 3.80. The largest absolute Gasteiger partial charge is 0.348 e. The third-order valence-corrected chi connectivity index (χ3v) is 5.88. The summed E-state index contributed by atoms with van der Waals surface area (Å²) >= 11 is 0. The molecule has 0 spiro atoms. The molecule has 1 aliphatic carbocycles. The summed E-state index contributed by atoms with van der Waals surface area (Å²) in [6, 6.07) is 4.66. The van der Waals surface area contributed by atoms with Crippen LogP contribution in [0.2, 0.25) is 0 Å². The Morgan fingerprint density at radius 3 is 2.56 bits per heavy atom. The van der Waals surface area contributed by atoms with Crippen molar-refractivity contribution in [3.63, 3.8) is 0 Å². The minimum absolute atomic E-state index is 0.00437. The van der Waals surface area contributed by atoms with Crippen molar-refractivity contribution in [2.24, 2.45) is 7.05 Å². The number of halogens is 1. The van der Waals surface area contributed by atoms with E-state index in [-0.39, 0.29) is 23.7 Å². The Bertz CT molecular complexity index is 881. The van der Waals surface area contributed by atoms with Crippen LogP contribution >= 0.6 is 0 Å². The van der Waals surface area contributed by atoms with Crippen molar-refractivity contribution in [2.75, 3.05) is 11.4 Å². The molecule has 2 aromatic rings. The Labute approximate surface area is 158 Å². The normalized spacial score (nSPS) is 18.9. The number of aryl methyl sites for hydroxylation is 1. The minimum atomic E-state index is -0.364. The number of anilines is 1. The Morgan fingerprint density at radius 1 is 1.15 bits per heavy atom. The molecule has 4 rings (SSSR count). The number of amides is 2. The van der Waals surface area contributed by atoms with Gasteiger partial charge in [-0.25, -0.2) is 4.39 Å². The SMILES string of the molecule is Cn1c(C(=O)NC2CCCCCC2)c(N2CCCC2=O)c2cc(F)ccc21. The number of fused-ring (bicyclic) bond motifs is 1. The summed E-state index contributed by atoms with van der Waals surface area (Å²) in [5.74, 6) is -0.539. The average Bonchev–Trinajstić information content (AvgIpc) is 3.05. The van der Waals surface area contributed by atoms with Gasteiger partial charge in [-0.2, -0.15) is 0 Å². The molecule has 0 atom stereocenters. The second kappa shape index (κ2) is 7.33. The van der Waals surface area contributed by atoms with E-state index in [2.05, 4.69) is 5.32 Å². The van der Waals surface area contributed by atoms with Crippen LogP contribution in [-0.4, -0.2) is 29.0 Å². The monoisotopic (exact) mass is 371 g/mol. The van der Waals surface area contributed by atoms with E-state index < -0.39 is 0 Å². The number of hydrogen-bond donors (Lipinski definition) is 1. The lowest BCUT2D eigenvalue weighted by Crippen LogP contribution is -2.37. The van der Waals surface area contributed by atoms with Crippen molar-refractivity contribution in [1.82, 2.24) is 9.88 Å². The average molecular weight is 371 g/mol. The van der Waals surface area contributed by atoms with Gasteiger partial charge in [-0.15, -0.1) is 0 Å². The van der Waals surface area contributed by atoms with Gasteiger partial charge in [0.05, 0.1) is 11.2 Å². The van der Waals surface area contributed by atoms with E-state index in [1.54, 1.807) is 15.5 Å². The van der Waals surface area contributed by atoms with Crippen LogP contribution in [0.1, 0.15) is 61.9 Å². The van der Waals surface area contributed by atoms with Crippen molar-refractivity contribution in [1.29, 1.82) is 0 Å². The van der Waals surface area contributed by atoms with Crippen LogP contribution in [0.4, 0.5) is 10.1 Å². The van der Waals surface area contributed by atoms with Crippen LogP contribution in [0.5, 0.6) is 0 Å². The number of nitrogens with zero attached hydrogens (tertiary/aromatic N) is 2. The maximum Gasteiger partial charge on any atom is 0.270 e. The molecular weight excluding hydrogens is 345 g/mol. The van der Waals surface area contributed by atoms with Gasteiger partial charge in [0.15, 0.2) is 0 Å². The van der Waals surface area contributed by atoms with Gasteiger partial charge in [0.2, 0.25) is 5.91 Å². The van der Waals surface area contributed by atoms with Crippen LogP contribution in [0.15, 0.2) is 18.2 Å². The standard InChI is InChI=1S/C21H26FN3O2/c1-24-17-11-10-14(22)13-16(17)19(25-12-6-9-18(25)26)20(24)21(27)23-15-7-4-2-3-5-8-15/h10-11,13,15H,2-9,12H2,1H3,(H,23,27). The van der Waals surface area contributed by atoms with E-state index in [0.717, 1.165) is 37.6 Å². The lowest BCUT2D eigenvalue weighted by molar-refractivity contribution is -0.117. The summed E-state index contributed by atoms with van der Waals surface area (Å²) in [6.45, 7) is 0.568. The molecule has 27 heavy (non-hydrogen) atoms. The van der Waals surface area contributed by atoms with E-state index in [0.29, 0.717) is 29.7 Å². The molecule has 0 unspecified atom stereocenters. The molecule has 2 fully saturated rings. The molecule has 1 saturated carbocycles. The third kappa shape index (κ3) is 3.33. The van der Waals surface area contributed by atoms with Crippen molar-refractivity contribution in [2.45, 2.75) is 57.4 Å². The molecule has 1 N–H and O–H groups in total. The maximum absolute atomic E-state index is 13.9. The fraction of sp³-hybridized carbons (Fsp3) is 0.524. The highest BCUT2D eigenvalue weighted by molar-refractivity contribution is 6.14. The zero-order chi connectivity index (χ0) is 19.0. The van der Waals surface area contributed by atoms with Gasteiger partial charge in [0, 0.05) is 31.4 Å². The molecule has 1 aromatic heterocycles. The molecule has 2 amide bonds. The van der Waals surface area contributed by atoms with Gasteiger partial charge in [-0.05, 0) is 37.5 Å². The quantitative estimate of drug-likeness (QED) is 0.832. The first-order chi connectivity index (χ1) is 13.1. The number of hydrogen-bond acceptors (Lipinski definition) is 2. The smallest absolute Gasteiger partial charge is 0.270 e. The molecule has 0 bridgehead atoms. The number of aromatic nitrogens is 1. The summed E-state index contributed by atoms with van der Waals surface area (Å²) in [6.07, 6.45) is 7.89. The molecule has 1 saturated heterocycles. The molecule has 0 radical (unpaired) electrons. The number of nitrogens with one attached hydrogen (secondary N) is 1. The second-order valence-corrected chi connectivity index (χ2v) is 7.73. The highest BCUT2D eigenvalue weighted by atomic mass is 19.1. The minimum Gasteiger partial charge on any atom is -0.348 e. The molecule has 5 nitrogen and oxygen atoms in total. The predicted octanol–water partition coefficient (Wildman–Crippen LogP) is 3.90. The predicted molar refractivity (Wildman–Crippen MR) is 103 cm³/mol. The van der Waals surface area contributed by atoms with Crippen LogP contribution in [0, 0.1) is 5.82 Å². The number of carbonyl (C=O) groups excluding carboxylic acids is 2. The first-order valence-electron chi connectivity index (χ1n) is 9.95. The fourth-order valence-corrected chi connectivity index (χ4v) is 4.49. The third-order valence-electron chi connectivity index (χ3n) is 5.88. The summed E-state index contributed by atoms with van der Waals surface area (Å²) in [7, 11) is 1.81. The Balaban J connectivity index is 1.77. The van der Waals surface area contributed by atoms with Crippen molar-refractivity contribution < 1.29 is 14.0 Å². The van der Waals surface area contributed by atoms with E-state index in [1.165, 1.54) is 25.0 Å². The molecule has 2 aliphatic rings. The lowest BCUT2D eigenvalue weighted by atomic mass is 10.1. The van der Waals surface area contributed by atoms with Crippen LogP contribution < -0.4 is 10.2 Å². The van der Waals surface area contributed by atoms with E-state index >= 15 is 0 Å². The number of carbonyl (C=O) groups is 2. The topological polar surface area (TPSA) is 54.3 Å². The van der Waals surface area contributed by atoms with Crippen molar-refractivity contribution in [3.05, 3.63) is 29.7 Å². The highest BCUT2D eigenvalue weighted by Crippen LogP contribution is 2.36. The van der Waals surface area contributed by atoms with Crippen LogP contribution in [0.3, 0.4) is 0 Å². The van der Waals surface area contributed by atoms with Gasteiger partial charge in [-0.1, -0.05) is 25.7 Å². The van der Waals surface area contributed by atoms with Gasteiger partial charge in [-0.3, -0.25) is 9.59 Å². The molecule has 1 aliphatic heterocycles. The van der Waals surface area contributed by atoms with Crippen LogP contribution in [-0.2, 0) is 11.8 Å². The van der Waals surface area contributed by atoms with E-state index in [1.807, 2.05) is 7.05 Å². The Morgan fingerprint density at radius 2 is 1.89 bits per heavy atom. The summed E-state index contributed by atoms with van der Waals surface area (Å²) < 4.78 is 15.7. The van der Waals surface area contributed by atoms with Crippen molar-refractivity contribution in [3.8, 4) is 0 Å². The van der Waals surface area contributed by atoms with Gasteiger partial charge < -0.3 is 14.8 Å². The molecule has 2 heterocycles. The first-order valence-corrected chi connectivity index (χ1v) is 9.95. The Hall–Kier alpha value is -2.37. The summed E-state index contributed by atoms with van der Waals surface area (Å²) in [4.78, 5) is 27.3. The Kier molecular flexibility index (Phi) is 4.89. The highest BCUT2D eigenvalue weighted by Gasteiger charge is 2.32. The number of benzene rings is 1. The molecular formula is C21H26FN3O2. The molecule has 1 aromatic carbocycles. The van der Waals surface area contributed by atoms with Crippen molar-refractivity contribution >= 4 is 28.4 Å². The van der Waals surface area contributed by atoms with E-state index in [9.17, 15) is 14.0 Å². The first kappa shape index (κ1) is 18.0. The van der Waals surface area contributed by atoms with Crippen LogP contribution in [0.25, 0.3) is 10.9 Å². The van der Waals surface area contributed by atoms with Gasteiger partial charge in [0.1, 0.15) is 11.5 Å². The van der Waals surface area contributed by atoms with Gasteiger partial charge in [0.25, 0.3) is 5.91 Å². The van der Waals surface area contributed by atoms with Gasteiger partial charge >= 0.3 is 0 Å².